The minimum Gasteiger partial charge on any atom is -0.449 e. The van der Waals surface area contributed by atoms with E-state index in [1.54, 1.807) is 4.90 Å². The van der Waals surface area contributed by atoms with Crippen LogP contribution < -0.4 is 10.2 Å². The average molecular weight is 262 g/mol. The molecular formula is C15H22N2O2. The number of para-hydroxylation sites is 1. The first-order valence-electron chi connectivity index (χ1n) is 6.81. The summed E-state index contributed by atoms with van der Waals surface area (Å²) >= 11 is 0. The van der Waals surface area contributed by atoms with Crippen molar-refractivity contribution in [3.63, 3.8) is 0 Å². The van der Waals surface area contributed by atoms with Gasteiger partial charge in [-0.15, -0.1) is 0 Å². The third-order valence-electron chi connectivity index (χ3n) is 3.45. The van der Waals surface area contributed by atoms with Gasteiger partial charge in [-0.05, 0) is 24.6 Å². The molecule has 1 saturated heterocycles. The van der Waals surface area contributed by atoms with Gasteiger partial charge in [-0.1, -0.05) is 32.0 Å². The maximum Gasteiger partial charge on any atom is 0.414 e. The van der Waals surface area contributed by atoms with Crippen LogP contribution in [0.25, 0.3) is 0 Å². The van der Waals surface area contributed by atoms with E-state index in [1.807, 2.05) is 25.2 Å². The Kier molecular flexibility index (Phi) is 4.43. The van der Waals surface area contributed by atoms with E-state index >= 15 is 0 Å². The van der Waals surface area contributed by atoms with Crippen LogP contribution in [-0.2, 0) is 4.74 Å². The first-order chi connectivity index (χ1) is 9.13. The normalized spacial score (nSPS) is 19.7. The fourth-order valence-electron chi connectivity index (χ4n) is 2.48. The van der Waals surface area contributed by atoms with Gasteiger partial charge in [0.1, 0.15) is 0 Å². The molecule has 1 aliphatic heterocycles. The van der Waals surface area contributed by atoms with Gasteiger partial charge in [0.25, 0.3) is 0 Å². The SMILES string of the molecule is CNCC1COC(=O)N(c2ccccc2C(C)C)C1. The van der Waals surface area contributed by atoms with Gasteiger partial charge in [0.05, 0.1) is 12.3 Å². The van der Waals surface area contributed by atoms with Gasteiger partial charge in [-0.3, -0.25) is 4.90 Å². The van der Waals surface area contributed by atoms with Crippen LogP contribution in [0.5, 0.6) is 0 Å². The van der Waals surface area contributed by atoms with Crippen LogP contribution in [0.15, 0.2) is 24.3 Å². The van der Waals surface area contributed by atoms with Crippen molar-refractivity contribution in [1.82, 2.24) is 5.32 Å². The summed E-state index contributed by atoms with van der Waals surface area (Å²) in [7, 11) is 1.92. The first-order valence-corrected chi connectivity index (χ1v) is 6.81. The van der Waals surface area contributed by atoms with E-state index in [9.17, 15) is 4.79 Å². The number of rotatable bonds is 4. The number of hydrogen-bond acceptors (Lipinski definition) is 3. The largest absolute Gasteiger partial charge is 0.449 e. The molecule has 0 aliphatic carbocycles. The van der Waals surface area contributed by atoms with E-state index < -0.39 is 0 Å². The Bertz CT molecular complexity index is 446. The number of anilines is 1. The highest BCUT2D eigenvalue weighted by atomic mass is 16.6. The van der Waals surface area contributed by atoms with Gasteiger partial charge in [-0.25, -0.2) is 4.79 Å². The predicted molar refractivity (Wildman–Crippen MR) is 76.6 cm³/mol. The zero-order valence-electron chi connectivity index (χ0n) is 11.8. The van der Waals surface area contributed by atoms with Crippen molar-refractivity contribution in [1.29, 1.82) is 0 Å². The maximum absolute atomic E-state index is 12.0. The molecule has 0 spiro atoms. The van der Waals surface area contributed by atoms with E-state index in [-0.39, 0.29) is 6.09 Å². The third kappa shape index (κ3) is 3.07. The maximum atomic E-state index is 12.0. The van der Waals surface area contributed by atoms with Gasteiger partial charge in [0.2, 0.25) is 0 Å². The lowest BCUT2D eigenvalue weighted by Crippen LogP contribution is -2.46. The number of cyclic esters (lactones) is 1. The number of hydrogen-bond donors (Lipinski definition) is 1. The molecule has 1 N–H and O–H groups in total. The Morgan fingerprint density at radius 3 is 2.84 bits per heavy atom. The van der Waals surface area contributed by atoms with Crippen molar-refractivity contribution in [2.45, 2.75) is 19.8 Å². The Hall–Kier alpha value is -1.55. The average Bonchev–Trinajstić information content (AvgIpc) is 2.41. The second-order valence-electron chi connectivity index (χ2n) is 5.32. The molecule has 19 heavy (non-hydrogen) atoms. The van der Waals surface area contributed by atoms with E-state index in [0.29, 0.717) is 25.0 Å². The molecule has 0 radical (unpaired) electrons. The van der Waals surface area contributed by atoms with Crippen LogP contribution in [-0.4, -0.2) is 32.8 Å². The minimum absolute atomic E-state index is 0.236. The fourth-order valence-corrected chi connectivity index (χ4v) is 2.48. The van der Waals surface area contributed by atoms with E-state index in [4.69, 9.17) is 4.74 Å². The van der Waals surface area contributed by atoms with Crippen LogP contribution in [0.2, 0.25) is 0 Å². The Morgan fingerprint density at radius 1 is 1.42 bits per heavy atom. The Morgan fingerprint density at radius 2 is 2.16 bits per heavy atom. The lowest BCUT2D eigenvalue weighted by atomic mass is 9.99. The molecule has 1 aromatic carbocycles. The van der Waals surface area contributed by atoms with Crippen LogP contribution in [0.1, 0.15) is 25.3 Å². The van der Waals surface area contributed by atoms with Crippen molar-refractivity contribution in [3.8, 4) is 0 Å². The van der Waals surface area contributed by atoms with Gasteiger partial charge < -0.3 is 10.1 Å². The second kappa shape index (κ2) is 6.06. The highest BCUT2D eigenvalue weighted by molar-refractivity contribution is 5.89. The zero-order valence-corrected chi connectivity index (χ0v) is 11.8. The number of ether oxygens (including phenoxy) is 1. The summed E-state index contributed by atoms with van der Waals surface area (Å²) < 4.78 is 5.29. The van der Waals surface area contributed by atoms with Crippen LogP contribution in [0.4, 0.5) is 10.5 Å². The molecular weight excluding hydrogens is 240 g/mol. The molecule has 4 heteroatoms. The first kappa shape index (κ1) is 13.9. The molecule has 0 bridgehead atoms. The number of nitrogens with one attached hydrogen (secondary N) is 1. The van der Waals surface area contributed by atoms with Crippen molar-refractivity contribution in [2.24, 2.45) is 5.92 Å². The van der Waals surface area contributed by atoms with Gasteiger partial charge in [0, 0.05) is 19.0 Å². The predicted octanol–water partition coefficient (Wildman–Crippen LogP) is 2.60. The second-order valence-corrected chi connectivity index (χ2v) is 5.32. The zero-order chi connectivity index (χ0) is 13.8. The van der Waals surface area contributed by atoms with Gasteiger partial charge >= 0.3 is 6.09 Å². The van der Waals surface area contributed by atoms with Crippen LogP contribution >= 0.6 is 0 Å². The molecule has 1 atom stereocenters. The van der Waals surface area contributed by atoms with Gasteiger partial charge in [0.15, 0.2) is 0 Å². The molecule has 1 aliphatic rings. The van der Waals surface area contributed by atoms with Crippen molar-refractivity contribution >= 4 is 11.8 Å². The standard InChI is InChI=1S/C15H22N2O2/c1-11(2)13-6-4-5-7-14(13)17-9-12(8-16-3)10-19-15(17)18/h4-7,11-12,16H,8-10H2,1-3H3. The molecule has 2 rings (SSSR count). The molecule has 104 valence electrons. The topological polar surface area (TPSA) is 41.6 Å². The smallest absolute Gasteiger partial charge is 0.414 e. The molecule has 1 fully saturated rings. The van der Waals surface area contributed by atoms with Crippen LogP contribution in [0, 0.1) is 5.92 Å². The summed E-state index contributed by atoms with van der Waals surface area (Å²) in [6, 6.07) is 8.06. The Labute approximate surface area is 114 Å². The monoisotopic (exact) mass is 262 g/mol. The number of nitrogens with zero attached hydrogens (tertiary/aromatic N) is 1. The minimum atomic E-state index is -0.236. The molecule has 1 unspecified atom stereocenters. The molecule has 4 nitrogen and oxygen atoms in total. The molecule has 0 saturated carbocycles. The highest BCUT2D eigenvalue weighted by Gasteiger charge is 2.29. The summed E-state index contributed by atoms with van der Waals surface area (Å²) in [4.78, 5) is 13.8. The quantitative estimate of drug-likeness (QED) is 0.907. The van der Waals surface area contributed by atoms with E-state index in [1.165, 1.54) is 5.56 Å². The highest BCUT2D eigenvalue weighted by Crippen LogP contribution is 2.29. The number of carbonyl (C=O) groups excluding carboxylic acids is 1. The third-order valence-corrected chi connectivity index (χ3v) is 3.45. The number of benzene rings is 1. The molecule has 1 amide bonds. The summed E-state index contributed by atoms with van der Waals surface area (Å²) in [5.74, 6) is 0.719. The molecule has 0 aromatic heterocycles. The lowest BCUT2D eigenvalue weighted by Gasteiger charge is -2.33. The molecule has 1 aromatic rings. The van der Waals surface area contributed by atoms with Crippen molar-refractivity contribution in [3.05, 3.63) is 29.8 Å². The van der Waals surface area contributed by atoms with Crippen molar-refractivity contribution in [2.75, 3.05) is 31.6 Å². The van der Waals surface area contributed by atoms with E-state index in [2.05, 4.69) is 25.2 Å². The van der Waals surface area contributed by atoms with Crippen molar-refractivity contribution < 1.29 is 9.53 Å². The fraction of sp³-hybridized carbons (Fsp3) is 0.533. The number of amides is 1. The summed E-state index contributed by atoms with van der Waals surface area (Å²) in [5.41, 5.74) is 2.16. The number of carbonyl (C=O) groups is 1. The summed E-state index contributed by atoms with van der Waals surface area (Å²) in [5, 5.41) is 3.14. The van der Waals surface area contributed by atoms with Gasteiger partial charge in [-0.2, -0.15) is 0 Å². The molecule has 1 heterocycles. The Balaban J connectivity index is 2.26. The lowest BCUT2D eigenvalue weighted by molar-refractivity contribution is 0.115. The summed E-state index contributed by atoms with van der Waals surface area (Å²) in [6.45, 7) is 6.34. The summed E-state index contributed by atoms with van der Waals surface area (Å²) in [6.07, 6.45) is -0.236. The van der Waals surface area contributed by atoms with E-state index in [0.717, 1.165) is 12.2 Å². The van der Waals surface area contributed by atoms with Crippen LogP contribution in [0.3, 0.4) is 0 Å².